The Kier molecular flexibility index (Phi) is 3.70. The van der Waals surface area contributed by atoms with Crippen LogP contribution in [-0.2, 0) is 0 Å². The molecule has 0 radical (unpaired) electrons. The van der Waals surface area contributed by atoms with Crippen LogP contribution in [0.2, 0.25) is 0 Å². The molecule has 1 aromatic heterocycles. The Bertz CT molecular complexity index is 547. The van der Waals surface area contributed by atoms with E-state index >= 15 is 0 Å². The third-order valence-corrected chi connectivity index (χ3v) is 2.31. The maximum Gasteiger partial charge on any atom is 0.325 e. The molecule has 92 valence electrons. The third-order valence-electron chi connectivity index (χ3n) is 2.31. The largest absolute Gasteiger partial charge is 0.325 e. The molecule has 0 saturated carbocycles. The van der Waals surface area contributed by atoms with Gasteiger partial charge in [0.05, 0.1) is 0 Å². The van der Waals surface area contributed by atoms with Crippen LogP contribution >= 0.6 is 0 Å². The van der Waals surface area contributed by atoms with Gasteiger partial charge in [-0.2, -0.15) is 10.1 Å². The minimum Gasteiger partial charge on any atom is -0.314 e. The molecule has 3 N–H and O–H groups in total. The van der Waals surface area contributed by atoms with Crippen molar-refractivity contribution in [1.29, 1.82) is 0 Å². The molecule has 0 atom stereocenters. The van der Waals surface area contributed by atoms with Crippen molar-refractivity contribution < 1.29 is 4.79 Å². The number of anilines is 1. The Morgan fingerprint density at radius 2 is 2.22 bits per heavy atom. The summed E-state index contributed by atoms with van der Waals surface area (Å²) in [5, 5.41) is 11.2. The summed E-state index contributed by atoms with van der Waals surface area (Å²) in [5.74, 6) is 0.303. The predicted molar refractivity (Wildman–Crippen MR) is 68.8 cm³/mol. The first kappa shape index (κ1) is 11.8. The van der Waals surface area contributed by atoms with Gasteiger partial charge in [-0.3, -0.25) is 5.32 Å². The lowest BCUT2D eigenvalue weighted by atomic mass is 10.1. The van der Waals surface area contributed by atoms with Gasteiger partial charge in [0, 0.05) is 6.20 Å². The number of rotatable bonds is 3. The minimum atomic E-state index is -0.378. The molecular weight excluding hydrogens is 230 g/mol. The second-order valence-electron chi connectivity index (χ2n) is 3.62. The van der Waals surface area contributed by atoms with E-state index in [1.807, 2.05) is 37.3 Å². The van der Waals surface area contributed by atoms with Crippen LogP contribution in [0.1, 0.15) is 11.1 Å². The van der Waals surface area contributed by atoms with Gasteiger partial charge in [-0.1, -0.05) is 24.3 Å². The summed E-state index contributed by atoms with van der Waals surface area (Å²) in [6.07, 6.45) is 4.72. The molecule has 2 aromatic rings. The quantitative estimate of drug-likeness (QED) is 0.770. The van der Waals surface area contributed by atoms with Crippen molar-refractivity contribution in [2.75, 3.05) is 5.32 Å². The maximum atomic E-state index is 11.4. The smallest absolute Gasteiger partial charge is 0.314 e. The van der Waals surface area contributed by atoms with Crippen molar-refractivity contribution in [3.05, 3.63) is 47.9 Å². The van der Waals surface area contributed by atoms with Gasteiger partial charge in [0.2, 0.25) is 5.95 Å². The topological polar surface area (TPSA) is 82.7 Å². The van der Waals surface area contributed by atoms with E-state index in [2.05, 4.69) is 25.8 Å². The first-order valence-electron chi connectivity index (χ1n) is 5.41. The average molecular weight is 243 g/mol. The highest BCUT2D eigenvalue weighted by Gasteiger charge is 2.00. The van der Waals surface area contributed by atoms with Crippen molar-refractivity contribution in [2.45, 2.75) is 6.92 Å². The molecule has 0 bridgehead atoms. The molecule has 18 heavy (non-hydrogen) atoms. The molecule has 0 fully saturated rings. The van der Waals surface area contributed by atoms with E-state index in [9.17, 15) is 4.79 Å². The van der Waals surface area contributed by atoms with Crippen LogP contribution < -0.4 is 10.6 Å². The molecule has 6 nitrogen and oxygen atoms in total. The Morgan fingerprint density at radius 1 is 1.39 bits per heavy atom. The zero-order valence-corrected chi connectivity index (χ0v) is 9.84. The van der Waals surface area contributed by atoms with Crippen LogP contribution in [0.15, 0.2) is 36.8 Å². The highest BCUT2D eigenvalue weighted by molar-refractivity contribution is 5.88. The van der Waals surface area contributed by atoms with Gasteiger partial charge in [0.1, 0.15) is 6.33 Å². The summed E-state index contributed by atoms with van der Waals surface area (Å²) in [5.41, 5.74) is 2.20. The van der Waals surface area contributed by atoms with E-state index in [1.165, 1.54) is 6.33 Å². The lowest BCUT2D eigenvalue weighted by Gasteiger charge is -2.01. The first-order chi connectivity index (χ1) is 8.75. The third kappa shape index (κ3) is 3.18. The fraction of sp³-hybridized carbons (Fsp3) is 0.0833. The van der Waals surface area contributed by atoms with Gasteiger partial charge in [-0.15, -0.1) is 0 Å². The van der Waals surface area contributed by atoms with Gasteiger partial charge < -0.3 is 5.32 Å². The van der Waals surface area contributed by atoms with E-state index < -0.39 is 0 Å². The number of carbonyl (C=O) groups is 1. The first-order valence-corrected chi connectivity index (χ1v) is 5.41. The highest BCUT2D eigenvalue weighted by Crippen LogP contribution is 2.07. The maximum absolute atomic E-state index is 11.4. The lowest BCUT2D eigenvalue weighted by Crippen LogP contribution is -2.24. The van der Waals surface area contributed by atoms with Gasteiger partial charge in [-0.05, 0) is 24.1 Å². The number of hydrogen-bond acceptors (Lipinski definition) is 3. The van der Waals surface area contributed by atoms with Crippen molar-refractivity contribution in [2.24, 2.45) is 0 Å². The molecule has 0 saturated heterocycles. The number of hydrogen-bond donors (Lipinski definition) is 3. The Morgan fingerprint density at radius 3 is 2.94 bits per heavy atom. The summed E-state index contributed by atoms with van der Waals surface area (Å²) in [4.78, 5) is 15.2. The summed E-state index contributed by atoms with van der Waals surface area (Å²) in [6.45, 7) is 2.01. The van der Waals surface area contributed by atoms with Gasteiger partial charge in [0.15, 0.2) is 0 Å². The van der Waals surface area contributed by atoms with Crippen LogP contribution in [0.25, 0.3) is 6.08 Å². The Labute approximate surface area is 104 Å². The number of nitrogens with one attached hydrogen (secondary N) is 3. The zero-order chi connectivity index (χ0) is 12.8. The zero-order valence-electron chi connectivity index (χ0n) is 9.84. The van der Waals surface area contributed by atoms with E-state index in [-0.39, 0.29) is 6.03 Å². The number of aromatic nitrogens is 3. The fourth-order valence-electron chi connectivity index (χ4n) is 1.39. The Balaban J connectivity index is 1.88. The van der Waals surface area contributed by atoms with E-state index in [0.29, 0.717) is 5.95 Å². The molecule has 1 aromatic carbocycles. The van der Waals surface area contributed by atoms with Crippen molar-refractivity contribution in [3.8, 4) is 0 Å². The highest BCUT2D eigenvalue weighted by atomic mass is 16.2. The van der Waals surface area contributed by atoms with Crippen LogP contribution in [-0.4, -0.2) is 21.2 Å². The van der Waals surface area contributed by atoms with Crippen LogP contribution in [0.4, 0.5) is 10.7 Å². The number of H-pyrrole nitrogens is 1. The fourth-order valence-corrected chi connectivity index (χ4v) is 1.39. The standard InChI is InChI=1S/C12H13N5O/c1-9-4-2-3-5-10(9)6-7-13-12(18)16-11-14-8-15-17-11/h2-8H,1H3,(H3,13,14,15,16,17,18)/b7-6+. The van der Waals surface area contributed by atoms with Crippen LogP contribution in [0, 0.1) is 6.92 Å². The average Bonchev–Trinajstić information content (AvgIpc) is 2.84. The molecule has 2 amide bonds. The number of benzene rings is 1. The molecule has 0 spiro atoms. The van der Waals surface area contributed by atoms with Crippen molar-refractivity contribution in [1.82, 2.24) is 20.5 Å². The summed E-state index contributed by atoms with van der Waals surface area (Å²) in [7, 11) is 0. The number of carbonyl (C=O) groups excluding carboxylic acids is 1. The van der Waals surface area contributed by atoms with Gasteiger partial charge in [0.25, 0.3) is 0 Å². The second kappa shape index (κ2) is 5.62. The summed E-state index contributed by atoms with van der Waals surface area (Å²) in [6, 6.07) is 7.52. The number of aromatic amines is 1. The van der Waals surface area contributed by atoms with Crippen LogP contribution in [0.5, 0.6) is 0 Å². The minimum absolute atomic E-state index is 0.303. The number of aryl methyl sites for hydroxylation is 1. The number of nitrogens with zero attached hydrogens (tertiary/aromatic N) is 2. The summed E-state index contributed by atoms with van der Waals surface area (Å²) >= 11 is 0. The Hall–Kier alpha value is -2.63. The molecular formula is C12H13N5O. The second-order valence-corrected chi connectivity index (χ2v) is 3.62. The van der Waals surface area contributed by atoms with E-state index in [1.54, 1.807) is 6.20 Å². The molecule has 0 aliphatic rings. The van der Waals surface area contributed by atoms with Gasteiger partial charge >= 0.3 is 6.03 Å². The molecule has 2 rings (SSSR count). The lowest BCUT2D eigenvalue weighted by molar-refractivity contribution is 0.255. The number of amides is 2. The number of urea groups is 1. The van der Waals surface area contributed by atoms with Gasteiger partial charge in [-0.25, -0.2) is 9.89 Å². The molecule has 0 aliphatic carbocycles. The molecule has 1 heterocycles. The van der Waals surface area contributed by atoms with E-state index in [4.69, 9.17) is 0 Å². The van der Waals surface area contributed by atoms with Crippen molar-refractivity contribution >= 4 is 18.1 Å². The SMILES string of the molecule is Cc1ccccc1/C=C/NC(=O)Nc1ncn[nH]1. The van der Waals surface area contributed by atoms with Crippen LogP contribution in [0.3, 0.4) is 0 Å². The normalized spacial score (nSPS) is 10.5. The molecule has 6 heteroatoms. The molecule has 0 aliphatic heterocycles. The molecule has 0 unspecified atom stereocenters. The predicted octanol–water partition coefficient (Wildman–Crippen LogP) is 1.91. The van der Waals surface area contributed by atoms with Crippen molar-refractivity contribution in [3.63, 3.8) is 0 Å². The summed E-state index contributed by atoms with van der Waals surface area (Å²) < 4.78 is 0. The van der Waals surface area contributed by atoms with E-state index in [0.717, 1.165) is 11.1 Å². The monoisotopic (exact) mass is 243 g/mol.